The van der Waals surface area contributed by atoms with Crippen LogP contribution in [0.3, 0.4) is 0 Å². The van der Waals surface area contributed by atoms with Gasteiger partial charge in [0.15, 0.2) is 5.96 Å². The van der Waals surface area contributed by atoms with E-state index in [1.54, 1.807) is 6.07 Å². The van der Waals surface area contributed by atoms with Crippen LogP contribution in [0.5, 0.6) is 0 Å². The molecular formula is C3H11N7O6. The van der Waals surface area contributed by atoms with Gasteiger partial charge in [0.2, 0.25) is 0 Å². The molecule has 0 atom stereocenters. The normalized spacial score (nSPS) is 5.75. The van der Waals surface area contributed by atoms with Gasteiger partial charge >= 0.3 is 0 Å². The maximum Gasteiger partial charge on any atom is 0.291 e. The van der Waals surface area contributed by atoms with Crippen molar-refractivity contribution < 1.29 is 20.6 Å². The molecule has 0 spiro atoms. The van der Waals surface area contributed by atoms with Gasteiger partial charge in [-0.25, -0.2) is 0 Å². The molecule has 0 unspecified atom stereocenters. The van der Waals surface area contributed by atoms with E-state index in [4.69, 9.17) is 41.3 Å². The second-order valence-electron chi connectivity index (χ2n) is 1.29. The fraction of sp³-hybridized carbons (Fsp3) is 0.333. The Hall–Kier alpha value is -2.88. The third kappa shape index (κ3) is 322. The zero-order chi connectivity index (χ0) is 14.1. The Labute approximate surface area is 88.4 Å². The first kappa shape index (κ1) is 23.2. The lowest BCUT2D eigenvalue weighted by Gasteiger charge is -1.69. The Morgan fingerprint density at radius 3 is 1.38 bits per heavy atom. The number of nitrogens with zero attached hydrogens (tertiary/aromatic N) is 3. The van der Waals surface area contributed by atoms with Crippen LogP contribution in [0.4, 0.5) is 0 Å². The van der Waals surface area contributed by atoms with Crippen molar-refractivity contribution in [3.05, 3.63) is 20.2 Å². The zero-order valence-electron chi connectivity index (χ0n) is 7.81. The van der Waals surface area contributed by atoms with E-state index >= 15 is 0 Å². The minimum atomic E-state index is -1.50. The molecule has 13 nitrogen and oxygen atoms in total. The molecule has 94 valence electrons. The summed E-state index contributed by atoms with van der Waals surface area (Å²) in [6.07, 6.45) is 0. The summed E-state index contributed by atoms with van der Waals surface area (Å²) in [6, 6.07) is 1.71. The molecule has 0 bridgehead atoms. The van der Waals surface area contributed by atoms with Crippen LogP contribution in [0.15, 0.2) is 0 Å². The molecule has 0 aliphatic carbocycles. The molecule has 0 heterocycles. The molecule has 0 amide bonds. The van der Waals surface area contributed by atoms with Gasteiger partial charge in [0.05, 0.1) is 12.6 Å². The van der Waals surface area contributed by atoms with Crippen molar-refractivity contribution in [1.82, 2.24) is 0 Å². The van der Waals surface area contributed by atoms with Crippen LogP contribution >= 0.6 is 0 Å². The smallest absolute Gasteiger partial charge is 0.291 e. The van der Waals surface area contributed by atoms with E-state index in [1.807, 2.05) is 0 Å². The maximum atomic E-state index is 8.36. The highest BCUT2D eigenvalue weighted by molar-refractivity contribution is 5.71. The minimum absolute atomic E-state index is 0.125. The van der Waals surface area contributed by atoms with Gasteiger partial charge in [-0.1, -0.05) is 0 Å². The van der Waals surface area contributed by atoms with Crippen LogP contribution in [-0.2, 0) is 0 Å². The molecular weight excluding hydrogens is 230 g/mol. The highest BCUT2D eigenvalue weighted by Crippen LogP contribution is 1.38. The maximum absolute atomic E-state index is 8.36. The van der Waals surface area contributed by atoms with E-state index in [2.05, 4.69) is 17.2 Å². The van der Waals surface area contributed by atoms with Crippen molar-refractivity contribution in [1.29, 1.82) is 10.7 Å². The zero-order valence-corrected chi connectivity index (χ0v) is 7.81. The largest absolute Gasteiger partial charge is 0.370 e. The predicted octanol–water partition coefficient (Wildman–Crippen LogP) is -2.39. The number of nitrogens with one attached hydrogen (secondary N) is 1. The first-order valence-electron chi connectivity index (χ1n) is 2.94. The monoisotopic (exact) mass is 241 g/mol. The van der Waals surface area contributed by atoms with E-state index in [-0.39, 0.29) is 12.5 Å². The highest BCUT2D eigenvalue weighted by atomic mass is 16.9. The van der Waals surface area contributed by atoms with Crippen molar-refractivity contribution in [2.24, 2.45) is 17.2 Å². The number of hydrogen-bond donors (Lipinski definition) is 6. The Kier molecular flexibility index (Phi) is 32.9. The van der Waals surface area contributed by atoms with E-state index < -0.39 is 10.2 Å². The number of guanidine groups is 1. The van der Waals surface area contributed by atoms with Gasteiger partial charge in [0, 0.05) is 0 Å². The fourth-order valence-electron chi connectivity index (χ4n) is 0. The predicted molar refractivity (Wildman–Crippen MR) is 48.3 cm³/mol. The molecule has 0 aromatic carbocycles. The van der Waals surface area contributed by atoms with Crippen molar-refractivity contribution >= 4 is 5.96 Å². The summed E-state index contributed by atoms with van der Waals surface area (Å²) in [5.74, 6) is -0.333. The highest BCUT2D eigenvalue weighted by Gasteiger charge is 1.65. The number of nitriles is 1. The Morgan fingerprint density at radius 2 is 1.38 bits per heavy atom. The van der Waals surface area contributed by atoms with Crippen LogP contribution in [0, 0.1) is 37.0 Å². The van der Waals surface area contributed by atoms with Gasteiger partial charge in [0.25, 0.3) is 10.2 Å². The van der Waals surface area contributed by atoms with Gasteiger partial charge in [-0.15, -0.1) is 20.2 Å². The van der Waals surface area contributed by atoms with E-state index in [0.29, 0.717) is 0 Å². The topological polar surface area (TPSA) is 252 Å². The first-order valence-corrected chi connectivity index (χ1v) is 2.94. The third-order valence-electron chi connectivity index (χ3n) is 0.0913. The van der Waals surface area contributed by atoms with Crippen LogP contribution in [0.25, 0.3) is 0 Å². The van der Waals surface area contributed by atoms with Crippen LogP contribution < -0.4 is 17.2 Å². The second-order valence-corrected chi connectivity index (χ2v) is 1.29. The van der Waals surface area contributed by atoms with Crippen LogP contribution in [0.1, 0.15) is 0 Å². The van der Waals surface area contributed by atoms with Gasteiger partial charge in [0.1, 0.15) is 0 Å². The molecule has 0 aromatic heterocycles. The lowest BCUT2D eigenvalue weighted by molar-refractivity contribution is -0.742. The molecule has 0 rings (SSSR count). The van der Waals surface area contributed by atoms with Crippen LogP contribution in [-0.4, -0.2) is 33.1 Å². The molecule has 0 aliphatic rings. The number of rotatable bonds is 0. The number of nitrogens with two attached hydrogens (primary N) is 3. The van der Waals surface area contributed by atoms with Gasteiger partial charge < -0.3 is 27.6 Å². The summed E-state index contributed by atoms with van der Waals surface area (Å²) in [7, 11) is 0. The molecule has 0 fully saturated rings. The van der Waals surface area contributed by atoms with Gasteiger partial charge in [-0.05, 0) is 0 Å². The summed E-state index contributed by atoms with van der Waals surface area (Å²) < 4.78 is 0. The Bertz CT molecular complexity index is 194. The summed E-state index contributed by atoms with van der Waals surface area (Å²) in [5.41, 5.74) is 13.6. The average Bonchev–Trinajstić information content (AvgIpc) is 2.00. The SMILES string of the molecule is N#CCN.N=C(N)N.O=[N+]([O-])O.O=[N+]([O-])O. The number of hydrogen-bond acceptors (Lipinski definition) is 7. The summed E-state index contributed by atoms with van der Waals surface area (Å²) in [5, 5.41) is 40.8. The van der Waals surface area contributed by atoms with E-state index in [9.17, 15) is 0 Å². The lowest BCUT2D eigenvalue weighted by atomic mass is 10.8. The molecule has 0 aromatic rings. The Morgan fingerprint density at radius 1 is 1.31 bits per heavy atom. The Balaban J connectivity index is -0.0000000600. The summed E-state index contributed by atoms with van der Waals surface area (Å²) in [4.78, 5) is 16.7. The van der Waals surface area contributed by atoms with Crippen molar-refractivity contribution in [3.8, 4) is 6.07 Å². The second kappa shape index (κ2) is 22.7. The molecule has 0 aliphatic heterocycles. The standard InChI is InChI=1S/C2H4N2.CH5N3.2HNO3/c3-1-2-4;3*2-1(3)4/h1,3H2;(H5,2,3,4);2*(H,2,3,4). The van der Waals surface area contributed by atoms with Crippen molar-refractivity contribution in [3.63, 3.8) is 0 Å². The molecule has 0 saturated heterocycles. The molecule has 0 radical (unpaired) electrons. The first-order chi connectivity index (χ1) is 7.11. The van der Waals surface area contributed by atoms with Crippen LogP contribution in [0.2, 0.25) is 0 Å². The van der Waals surface area contributed by atoms with Crippen molar-refractivity contribution in [2.45, 2.75) is 0 Å². The fourth-order valence-corrected chi connectivity index (χ4v) is 0. The average molecular weight is 241 g/mol. The third-order valence-corrected chi connectivity index (χ3v) is 0.0913. The lowest BCUT2D eigenvalue weighted by Crippen LogP contribution is -2.20. The van der Waals surface area contributed by atoms with Gasteiger partial charge in [-0.2, -0.15) is 5.26 Å². The minimum Gasteiger partial charge on any atom is -0.370 e. The van der Waals surface area contributed by atoms with E-state index in [1.165, 1.54) is 0 Å². The molecule has 0 saturated carbocycles. The molecule has 16 heavy (non-hydrogen) atoms. The van der Waals surface area contributed by atoms with Crippen molar-refractivity contribution in [2.75, 3.05) is 6.54 Å². The molecule has 13 heteroatoms. The summed E-state index contributed by atoms with van der Waals surface area (Å²) >= 11 is 0. The quantitative estimate of drug-likeness (QED) is 0.0861. The summed E-state index contributed by atoms with van der Waals surface area (Å²) in [6.45, 7) is 0.125. The molecule has 9 N–H and O–H groups in total. The van der Waals surface area contributed by atoms with E-state index in [0.717, 1.165) is 0 Å². The van der Waals surface area contributed by atoms with Gasteiger partial charge in [-0.3, -0.25) is 5.41 Å².